The van der Waals surface area contributed by atoms with Gasteiger partial charge in [-0.3, -0.25) is 4.90 Å². The summed E-state index contributed by atoms with van der Waals surface area (Å²) in [6.45, 7) is 13.2. The molecule has 0 aromatic heterocycles. The van der Waals surface area contributed by atoms with Crippen molar-refractivity contribution in [1.29, 1.82) is 0 Å². The molecule has 0 bridgehead atoms. The third-order valence-electron chi connectivity index (χ3n) is 4.18. The van der Waals surface area contributed by atoms with Gasteiger partial charge in [0.1, 0.15) is 0 Å². The van der Waals surface area contributed by atoms with Crippen LogP contribution in [0.5, 0.6) is 0 Å². The van der Waals surface area contributed by atoms with Crippen molar-refractivity contribution in [2.24, 2.45) is 0 Å². The Bertz CT molecular complexity index is 270. The largest absolute Gasteiger partial charge is 0.374 e. The van der Waals surface area contributed by atoms with Gasteiger partial charge in [-0.25, -0.2) is 0 Å². The lowest BCUT2D eigenvalue weighted by Crippen LogP contribution is -2.63. The van der Waals surface area contributed by atoms with Crippen LogP contribution in [-0.4, -0.2) is 73.9 Å². The smallest absolute Gasteiger partial charge is 0.0829 e. The van der Waals surface area contributed by atoms with E-state index in [9.17, 15) is 0 Å². The molecule has 2 fully saturated rings. The average Bonchev–Trinajstić information content (AvgIpc) is 2.28. The van der Waals surface area contributed by atoms with Crippen LogP contribution < -0.4 is 5.32 Å². The second kappa shape index (κ2) is 5.87. The Kier molecular flexibility index (Phi) is 4.64. The van der Waals surface area contributed by atoms with Crippen molar-refractivity contribution in [2.75, 3.05) is 46.4 Å². The predicted octanol–water partition coefficient (Wildman–Crippen LogP) is 0.779. The molecule has 0 aromatic carbocycles. The standard InChI is InChI=1S/C14H29N3O/c1-5-12-8-15-14(2,3)11-17(12)10-13-9-16(4)6-7-18-13/h12-13,15H,5-11H2,1-4H3. The SMILES string of the molecule is CCC1CNC(C)(C)CN1CC1CN(C)CCO1. The molecule has 0 amide bonds. The maximum absolute atomic E-state index is 5.91. The van der Waals surface area contributed by atoms with Crippen LogP contribution in [0.1, 0.15) is 27.2 Å². The van der Waals surface area contributed by atoms with E-state index in [1.165, 1.54) is 6.42 Å². The second-order valence-corrected chi connectivity index (χ2v) is 6.51. The summed E-state index contributed by atoms with van der Waals surface area (Å²) in [4.78, 5) is 5.00. The molecule has 2 atom stereocenters. The number of hydrogen-bond donors (Lipinski definition) is 1. The van der Waals surface area contributed by atoms with Gasteiger partial charge in [-0.05, 0) is 27.3 Å². The Labute approximate surface area is 112 Å². The maximum atomic E-state index is 5.91. The lowest BCUT2D eigenvalue weighted by molar-refractivity contribution is -0.0504. The van der Waals surface area contributed by atoms with E-state index in [1.54, 1.807) is 0 Å². The summed E-state index contributed by atoms with van der Waals surface area (Å²) in [6, 6.07) is 0.661. The van der Waals surface area contributed by atoms with Gasteiger partial charge in [0.25, 0.3) is 0 Å². The average molecular weight is 255 g/mol. The third-order valence-corrected chi connectivity index (χ3v) is 4.18. The van der Waals surface area contributed by atoms with Crippen molar-refractivity contribution in [1.82, 2.24) is 15.1 Å². The van der Waals surface area contributed by atoms with E-state index in [-0.39, 0.29) is 5.54 Å². The van der Waals surface area contributed by atoms with Crippen LogP contribution in [0.15, 0.2) is 0 Å². The van der Waals surface area contributed by atoms with Gasteiger partial charge in [-0.2, -0.15) is 0 Å². The molecule has 0 aliphatic carbocycles. The number of hydrogen-bond acceptors (Lipinski definition) is 4. The molecule has 0 aromatic rings. The van der Waals surface area contributed by atoms with Crippen LogP contribution in [-0.2, 0) is 4.74 Å². The molecule has 0 saturated carbocycles. The molecule has 0 radical (unpaired) electrons. The number of nitrogens with zero attached hydrogens (tertiary/aromatic N) is 2. The zero-order valence-corrected chi connectivity index (χ0v) is 12.4. The Morgan fingerprint density at radius 2 is 2.17 bits per heavy atom. The topological polar surface area (TPSA) is 27.7 Å². The summed E-state index contributed by atoms with van der Waals surface area (Å²) in [7, 11) is 2.19. The number of ether oxygens (including phenoxy) is 1. The first-order valence-electron chi connectivity index (χ1n) is 7.29. The minimum absolute atomic E-state index is 0.228. The number of nitrogens with one attached hydrogen (secondary N) is 1. The van der Waals surface area contributed by atoms with Gasteiger partial charge in [0, 0.05) is 44.3 Å². The lowest BCUT2D eigenvalue weighted by Gasteiger charge is -2.46. The van der Waals surface area contributed by atoms with Crippen molar-refractivity contribution in [2.45, 2.75) is 44.9 Å². The predicted molar refractivity (Wildman–Crippen MR) is 75.0 cm³/mol. The quantitative estimate of drug-likeness (QED) is 0.806. The van der Waals surface area contributed by atoms with Gasteiger partial charge in [0.15, 0.2) is 0 Å². The zero-order valence-electron chi connectivity index (χ0n) is 12.4. The highest BCUT2D eigenvalue weighted by Gasteiger charge is 2.33. The van der Waals surface area contributed by atoms with E-state index < -0.39 is 0 Å². The van der Waals surface area contributed by atoms with Gasteiger partial charge in [0.2, 0.25) is 0 Å². The molecule has 2 aliphatic rings. The molecule has 2 rings (SSSR count). The molecule has 0 spiro atoms. The van der Waals surface area contributed by atoms with E-state index in [4.69, 9.17) is 4.74 Å². The van der Waals surface area contributed by atoms with Crippen molar-refractivity contribution in [3.8, 4) is 0 Å². The first-order chi connectivity index (χ1) is 8.50. The van der Waals surface area contributed by atoms with Gasteiger partial charge in [-0.1, -0.05) is 6.92 Å². The molecular weight excluding hydrogens is 226 g/mol. The summed E-state index contributed by atoms with van der Waals surface area (Å²) >= 11 is 0. The van der Waals surface area contributed by atoms with E-state index >= 15 is 0 Å². The van der Waals surface area contributed by atoms with Crippen LogP contribution in [0.4, 0.5) is 0 Å². The fourth-order valence-corrected chi connectivity index (χ4v) is 3.07. The van der Waals surface area contributed by atoms with Crippen molar-refractivity contribution in [3.63, 3.8) is 0 Å². The second-order valence-electron chi connectivity index (χ2n) is 6.51. The van der Waals surface area contributed by atoms with Crippen LogP contribution in [0, 0.1) is 0 Å². The fourth-order valence-electron chi connectivity index (χ4n) is 3.07. The van der Waals surface area contributed by atoms with Crippen LogP contribution in [0.2, 0.25) is 0 Å². The number of morpholine rings is 1. The summed E-state index contributed by atoms with van der Waals surface area (Å²) in [5.41, 5.74) is 0.228. The molecule has 2 unspecified atom stereocenters. The number of rotatable bonds is 3. The molecule has 106 valence electrons. The number of piperazine rings is 1. The van der Waals surface area contributed by atoms with Crippen molar-refractivity contribution in [3.05, 3.63) is 0 Å². The van der Waals surface area contributed by atoms with Gasteiger partial charge in [0.05, 0.1) is 12.7 Å². The Morgan fingerprint density at radius 3 is 2.83 bits per heavy atom. The van der Waals surface area contributed by atoms with Gasteiger partial charge >= 0.3 is 0 Å². The zero-order chi connectivity index (χ0) is 13.2. The summed E-state index contributed by atoms with van der Waals surface area (Å²) in [5, 5.41) is 3.64. The first-order valence-corrected chi connectivity index (χ1v) is 7.29. The summed E-state index contributed by atoms with van der Waals surface area (Å²) in [6.07, 6.45) is 1.60. The van der Waals surface area contributed by atoms with Crippen molar-refractivity contribution >= 4 is 0 Å². The minimum Gasteiger partial charge on any atom is -0.374 e. The monoisotopic (exact) mass is 255 g/mol. The molecule has 1 N–H and O–H groups in total. The van der Waals surface area contributed by atoms with E-state index in [2.05, 4.69) is 42.9 Å². The molecule has 4 heteroatoms. The highest BCUT2D eigenvalue weighted by atomic mass is 16.5. The molecular formula is C14H29N3O. The Balaban J connectivity index is 1.91. The fraction of sp³-hybridized carbons (Fsp3) is 1.00. The highest BCUT2D eigenvalue weighted by Crippen LogP contribution is 2.18. The highest BCUT2D eigenvalue weighted by molar-refractivity contribution is 4.93. The molecule has 4 nitrogen and oxygen atoms in total. The molecule has 18 heavy (non-hydrogen) atoms. The van der Waals surface area contributed by atoms with Crippen LogP contribution in [0.3, 0.4) is 0 Å². The van der Waals surface area contributed by atoms with Gasteiger partial charge in [-0.15, -0.1) is 0 Å². The molecule has 2 saturated heterocycles. The Hall–Kier alpha value is -0.160. The number of likely N-dealkylation sites (N-methyl/N-ethyl adjacent to an activating group) is 1. The summed E-state index contributed by atoms with van der Waals surface area (Å²) in [5.74, 6) is 0. The van der Waals surface area contributed by atoms with E-state index in [0.29, 0.717) is 12.1 Å². The normalized spacial score (nSPS) is 34.7. The van der Waals surface area contributed by atoms with E-state index in [1.807, 2.05) is 0 Å². The van der Waals surface area contributed by atoms with Crippen molar-refractivity contribution < 1.29 is 4.74 Å². The van der Waals surface area contributed by atoms with Crippen LogP contribution >= 0.6 is 0 Å². The first kappa shape index (κ1) is 14.3. The third kappa shape index (κ3) is 3.67. The van der Waals surface area contributed by atoms with Crippen LogP contribution in [0.25, 0.3) is 0 Å². The summed E-state index contributed by atoms with van der Waals surface area (Å²) < 4.78 is 5.91. The molecule has 2 aliphatic heterocycles. The Morgan fingerprint density at radius 1 is 1.39 bits per heavy atom. The van der Waals surface area contributed by atoms with E-state index in [0.717, 1.165) is 39.3 Å². The molecule has 2 heterocycles. The minimum atomic E-state index is 0.228. The van der Waals surface area contributed by atoms with Gasteiger partial charge < -0.3 is 15.0 Å². The lowest BCUT2D eigenvalue weighted by atomic mass is 9.97. The maximum Gasteiger partial charge on any atom is 0.0829 e.